The van der Waals surface area contributed by atoms with Crippen LogP contribution in [-0.4, -0.2) is 34.0 Å². The number of sulfone groups is 1. The van der Waals surface area contributed by atoms with Crippen LogP contribution in [0.1, 0.15) is 38.2 Å². The molecular formula is C22H26N4O4S. The van der Waals surface area contributed by atoms with E-state index < -0.39 is 20.7 Å². The Morgan fingerprint density at radius 3 is 2.52 bits per heavy atom. The number of unbranched alkanes of at least 4 members (excludes halogenated alkanes) is 2. The number of carbonyl (C=O) groups excluding carboxylic acids is 1. The van der Waals surface area contributed by atoms with Crippen LogP contribution in [0.2, 0.25) is 0 Å². The zero-order chi connectivity index (χ0) is 22.3. The maximum Gasteiger partial charge on any atom is 0.342 e. The normalized spacial score (nSPS) is 13.5. The number of ether oxygens (including phenoxy) is 1. The topological polar surface area (TPSA) is 117 Å². The summed E-state index contributed by atoms with van der Waals surface area (Å²) in [4.78, 5) is 14.5. The van der Waals surface area contributed by atoms with Gasteiger partial charge in [-0.25, -0.2) is 17.9 Å². The molecule has 0 aliphatic heterocycles. The molecule has 2 N–H and O–H groups in total. The third-order valence-corrected chi connectivity index (χ3v) is 7.19. The van der Waals surface area contributed by atoms with E-state index >= 15 is 0 Å². The van der Waals surface area contributed by atoms with Crippen LogP contribution < -0.4 is 5.73 Å². The van der Waals surface area contributed by atoms with Gasteiger partial charge in [-0.2, -0.15) is 5.10 Å². The van der Waals surface area contributed by atoms with Crippen LogP contribution in [0.3, 0.4) is 0 Å². The molecule has 0 fully saturated rings. The van der Waals surface area contributed by atoms with Crippen molar-refractivity contribution in [3.05, 3.63) is 72.8 Å². The molecule has 1 aromatic carbocycles. The van der Waals surface area contributed by atoms with Crippen LogP contribution in [0.25, 0.3) is 5.69 Å². The van der Waals surface area contributed by atoms with Crippen LogP contribution in [0.5, 0.6) is 0 Å². The second kappa shape index (κ2) is 9.84. The molecule has 3 aromatic rings. The second-order valence-electron chi connectivity index (χ2n) is 7.23. The molecule has 1 unspecified atom stereocenters. The van der Waals surface area contributed by atoms with Crippen molar-refractivity contribution in [2.75, 3.05) is 0 Å². The van der Waals surface area contributed by atoms with Gasteiger partial charge in [0.1, 0.15) is 6.61 Å². The number of rotatable bonds is 10. The number of aromatic nitrogens is 3. The van der Waals surface area contributed by atoms with Crippen LogP contribution in [0, 0.1) is 0 Å². The molecular weight excluding hydrogens is 416 g/mol. The van der Waals surface area contributed by atoms with E-state index in [1.165, 1.54) is 24.5 Å². The number of carbonyl (C=O) groups is 1. The van der Waals surface area contributed by atoms with Gasteiger partial charge >= 0.3 is 5.97 Å². The van der Waals surface area contributed by atoms with Crippen molar-refractivity contribution in [3.8, 4) is 5.69 Å². The first-order valence-electron chi connectivity index (χ1n) is 10.1. The van der Waals surface area contributed by atoms with Gasteiger partial charge in [-0.3, -0.25) is 4.98 Å². The Morgan fingerprint density at radius 1 is 1.13 bits per heavy atom. The molecule has 2 aromatic heterocycles. The highest BCUT2D eigenvalue weighted by molar-refractivity contribution is 7.93. The van der Waals surface area contributed by atoms with E-state index in [1.807, 2.05) is 31.3 Å². The fraction of sp³-hybridized carbons (Fsp3) is 0.318. The summed E-state index contributed by atoms with van der Waals surface area (Å²) in [5, 5.41) is 4.16. The molecule has 0 radical (unpaired) electrons. The van der Waals surface area contributed by atoms with E-state index in [9.17, 15) is 13.2 Å². The molecule has 31 heavy (non-hydrogen) atoms. The van der Waals surface area contributed by atoms with Crippen molar-refractivity contribution in [3.63, 3.8) is 0 Å². The predicted octanol–water partition coefficient (Wildman–Crippen LogP) is 3.02. The number of esters is 1. The lowest BCUT2D eigenvalue weighted by atomic mass is 10.1. The molecule has 0 spiro atoms. The molecule has 3 rings (SSSR count). The lowest BCUT2D eigenvalue weighted by molar-refractivity contribution is -0.148. The van der Waals surface area contributed by atoms with Crippen LogP contribution in [-0.2, 0) is 26.0 Å². The Kier molecular flexibility index (Phi) is 7.19. The molecule has 2 heterocycles. The fourth-order valence-corrected chi connectivity index (χ4v) is 4.71. The van der Waals surface area contributed by atoms with E-state index in [-0.39, 0.29) is 17.9 Å². The average Bonchev–Trinajstić information content (AvgIpc) is 3.33. The summed E-state index contributed by atoms with van der Waals surface area (Å²) in [7, 11) is -4.19. The van der Waals surface area contributed by atoms with Gasteiger partial charge in [0.25, 0.3) is 0 Å². The van der Waals surface area contributed by atoms with Gasteiger partial charge in [0.05, 0.1) is 10.6 Å². The summed E-state index contributed by atoms with van der Waals surface area (Å²) in [5.41, 5.74) is 7.80. The van der Waals surface area contributed by atoms with E-state index in [2.05, 4.69) is 10.1 Å². The molecule has 0 saturated heterocycles. The van der Waals surface area contributed by atoms with Gasteiger partial charge in [-0.05, 0) is 48.7 Å². The van der Waals surface area contributed by atoms with Crippen molar-refractivity contribution >= 4 is 15.8 Å². The molecule has 0 amide bonds. The van der Waals surface area contributed by atoms with E-state index in [4.69, 9.17) is 10.5 Å². The minimum Gasteiger partial charge on any atom is -0.459 e. The van der Waals surface area contributed by atoms with Gasteiger partial charge < -0.3 is 10.5 Å². The van der Waals surface area contributed by atoms with Crippen molar-refractivity contribution in [1.82, 2.24) is 14.8 Å². The summed E-state index contributed by atoms with van der Waals surface area (Å²) in [5.74, 6) is -0.969. The number of nitrogens with zero attached hydrogens (tertiary/aromatic N) is 3. The smallest absolute Gasteiger partial charge is 0.342 e. The number of hydrogen-bond acceptors (Lipinski definition) is 7. The highest BCUT2D eigenvalue weighted by Gasteiger charge is 2.49. The lowest BCUT2D eigenvalue weighted by Gasteiger charge is -2.27. The maximum atomic E-state index is 13.2. The standard InChI is InChI=1S/C22H26N4O4S/c1-2-3-4-12-22(23,31(28,29)20-7-5-13-24-16-20)21(27)30-17-18-8-10-19(11-9-18)26-15-6-14-25-26/h5-11,13-16H,2-4,12,17,23H2,1H3. The molecule has 1 atom stereocenters. The van der Waals surface area contributed by atoms with Gasteiger partial charge in [0.15, 0.2) is 0 Å². The molecule has 9 heteroatoms. The van der Waals surface area contributed by atoms with Crippen molar-refractivity contribution in [2.45, 2.75) is 49.0 Å². The number of pyridine rings is 1. The highest BCUT2D eigenvalue weighted by atomic mass is 32.2. The average molecular weight is 443 g/mol. The van der Waals surface area contributed by atoms with Crippen LogP contribution >= 0.6 is 0 Å². The van der Waals surface area contributed by atoms with Gasteiger partial charge in [-0.15, -0.1) is 0 Å². The van der Waals surface area contributed by atoms with Gasteiger partial charge in [-0.1, -0.05) is 31.9 Å². The van der Waals surface area contributed by atoms with Crippen molar-refractivity contribution in [2.24, 2.45) is 5.73 Å². The zero-order valence-corrected chi connectivity index (χ0v) is 18.2. The molecule has 0 aliphatic carbocycles. The van der Waals surface area contributed by atoms with Gasteiger partial charge in [0, 0.05) is 24.8 Å². The summed E-state index contributed by atoms with van der Waals surface area (Å²) in [6, 6.07) is 11.9. The SMILES string of the molecule is CCCCCC(N)(C(=O)OCc1ccc(-n2cccn2)cc1)S(=O)(=O)c1cccnc1. The first-order chi connectivity index (χ1) is 14.9. The maximum absolute atomic E-state index is 13.2. The highest BCUT2D eigenvalue weighted by Crippen LogP contribution is 2.28. The number of nitrogens with two attached hydrogens (primary N) is 1. The second-order valence-corrected chi connectivity index (χ2v) is 9.44. The van der Waals surface area contributed by atoms with Crippen LogP contribution in [0.4, 0.5) is 0 Å². The Balaban J connectivity index is 1.77. The number of benzene rings is 1. The first-order valence-corrected chi connectivity index (χ1v) is 11.6. The molecule has 8 nitrogen and oxygen atoms in total. The van der Waals surface area contributed by atoms with E-state index in [0.29, 0.717) is 12.0 Å². The minimum absolute atomic E-state index is 0.0326. The Bertz CT molecular complexity index is 1080. The van der Waals surface area contributed by atoms with Crippen molar-refractivity contribution in [1.29, 1.82) is 0 Å². The van der Waals surface area contributed by atoms with E-state index in [0.717, 1.165) is 18.5 Å². The third-order valence-electron chi connectivity index (χ3n) is 5.00. The predicted molar refractivity (Wildman–Crippen MR) is 116 cm³/mol. The Hall–Kier alpha value is -3.04. The summed E-state index contributed by atoms with van der Waals surface area (Å²) in [6.07, 6.45) is 8.21. The number of hydrogen-bond donors (Lipinski definition) is 1. The molecule has 0 bridgehead atoms. The Morgan fingerprint density at radius 2 is 1.90 bits per heavy atom. The van der Waals surface area contributed by atoms with E-state index in [1.54, 1.807) is 23.0 Å². The minimum atomic E-state index is -4.19. The van der Waals surface area contributed by atoms with Gasteiger partial charge in [0.2, 0.25) is 14.7 Å². The quantitative estimate of drug-likeness (QED) is 0.379. The first kappa shape index (κ1) is 22.6. The lowest BCUT2D eigenvalue weighted by Crippen LogP contribution is -2.55. The van der Waals surface area contributed by atoms with Crippen molar-refractivity contribution < 1.29 is 17.9 Å². The molecule has 164 valence electrons. The summed E-state index contributed by atoms with van der Waals surface area (Å²) < 4.78 is 33.5. The Labute approximate surface area is 182 Å². The summed E-state index contributed by atoms with van der Waals surface area (Å²) >= 11 is 0. The third kappa shape index (κ3) is 5.00. The van der Waals surface area contributed by atoms with Crippen LogP contribution in [0.15, 0.2) is 72.1 Å². The fourth-order valence-electron chi connectivity index (χ4n) is 3.14. The molecule has 0 saturated carbocycles. The largest absolute Gasteiger partial charge is 0.459 e. The summed E-state index contributed by atoms with van der Waals surface area (Å²) in [6.45, 7) is 1.90. The monoisotopic (exact) mass is 442 g/mol. The molecule has 0 aliphatic rings. The zero-order valence-electron chi connectivity index (χ0n) is 17.3.